The molecule has 1 heterocycles. The summed E-state index contributed by atoms with van der Waals surface area (Å²) in [5, 5.41) is 0. The molecule has 1 aliphatic carbocycles. The van der Waals surface area contributed by atoms with Gasteiger partial charge in [0.15, 0.2) is 5.58 Å². The van der Waals surface area contributed by atoms with Crippen LogP contribution in [-0.4, -0.2) is 11.5 Å². The van der Waals surface area contributed by atoms with Crippen LogP contribution in [0.4, 0.5) is 0 Å². The summed E-state index contributed by atoms with van der Waals surface area (Å²) in [5.74, 6) is 1.65. The van der Waals surface area contributed by atoms with Crippen molar-refractivity contribution >= 4 is 11.1 Å². The van der Waals surface area contributed by atoms with Crippen molar-refractivity contribution in [1.29, 1.82) is 0 Å². The largest absolute Gasteiger partial charge is 0.440 e. The fraction of sp³-hybridized carbons (Fsp3) is 0.588. The van der Waals surface area contributed by atoms with Crippen LogP contribution in [0.1, 0.15) is 51.0 Å². The molecule has 108 valence electrons. The van der Waals surface area contributed by atoms with E-state index in [9.17, 15) is 0 Å². The molecule has 2 aromatic rings. The van der Waals surface area contributed by atoms with Crippen molar-refractivity contribution in [2.45, 2.75) is 51.4 Å². The van der Waals surface area contributed by atoms with Crippen LogP contribution in [0.15, 0.2) is 22.6 Å². The van der Waals surface area contributed by atoms with E-state index in [0.717, 1.165) is 42.2 Å². The Morgan fingerprint density at radius 2 is 2.10 bits per heavy atom. The Hall–Kier alpha value is -1.35. The molecule has 3 heteroatoms. The number of aromatic nitrogens is 1. The van der Waals surface area contributed by atoms with Crippen molar-refractivity contribution in [1.82, 2.24) is 4.98 Å². The van der Waals surface area contributed by atoms with Crippen molar-refractivity contribution in [3.8, 4) is 0 Å². The summed E-state index contributed by atoms with van der Waals surface area (Å²) in [5.41, 5.74) is 9.22. The van der Waals surface area contributed by atoms with Crippen LogP contribution >= 0.6 is 0 Å². The molecule has 3 rings (SSSR count). The second-order valence-corrected chi connectivity index (χ2v) is 6.34. The van der Waals surface area contributed by atoms with Crippen LogP contribution in [0.2, 0.25) is 0 Å². The molecule has 1 aliphatic rings. The van der Waals surface area contributed by atoms with Gasteiger partial charge >= 0.3 is 0 Å². The quantitative estimate of drug-likeness (QED) is 0.924. The first-order valence-corrected chi connectivity index (χ1v) is 7.77. The molecule has 0 radical (unpaired) electrons. The second-order valence-electron chi connectivity index (χ2n) is 6.34. The molecule has 0 unspecified atom stereocenters. The molecule has 1 aromatic carbocycles. The highest BCUT2D eigenvalue weighted by atomic mass is 16.3. The molecule has 2 N–H and O–H groups in total. The second kappa shape index (κ2) is 5.21. The molecule has 0 amide bonds. The zero-order valence-electron chi connectivity index (χ0n) is 12.5. The molecular weight excluding hydrogens is 248 g/mol. The Morgan fingerprint density at radius 3 is 2.75 bits per heavy atom. The van der Waals surface area contributed by atoms with Crippen molar-refractivity contribution < 1.29 is 4.42 Å². The normalized spacial score (nSPS) is 27.1. The van der Waals surface area contributed by atoms with Gasteiger partial charge in [-0.15, -0.1) is 0 Å². The Balaban J connectivity index is 1.99. The molecule has 3 nitrogen and oxygen atoms in total. The predicted octanol–water partition coefficient (Wildman–Crippen LogP) is 3.80. The molecule has 0 bridgehead atoms. The van der Waals surface area contributed by atoms with Gasteiger partial charge in [0.05, 0.1) is 5.41 Å². The van der Waals surface area contributed by atoms with Gasteiger partial charge in [0.1, 0.15) is 5.52 Å². The minimum absolute atomic E-state index is 0.0437. The van der Waals surface area contributed by atoms with E-state index in [1.165, 1.54) is 18.4 Å². The Kier molecular flexibility index (Phi) is 3.55. The maximum absolute atomic E-state index is 6.09. The standard InChI is InChI=1S/C17H24N2O/c1-3-13-4-5-15-14(10-13)19-16(20-15)17(11-18)8-6-12(2)7-9-17/h4-5,10,12H,3,6-9,11,18H2,1-2H3. The zero-order chi connectivity index (χ0) is 14.2. The number of hydrogen-bond acceptors (Lipinski definition) is 3. The van der Waals surface area contributed by atoms with Gasteiger partial charge in [-0.2, -0.15) is 0 Å². The molecule has 1 aromatic heterocycles. The van der Waals surface area contributed by atoms with Crippen LogP contribution in [-0.2, 0) is 11.8 Å². The molecule has 0 atom stereocenters. The van der Waals surface area contributed by atoms with Crippen molar-refractivity contribution in [3.05, 3.63) is 29.7 Å². The van der Waals surface area contributed by atoms with Gasteiger partial charge in [0.25, 0.3) is 0 Å². The summed E-state index contributed by atoms with van der Waals surface area (Å²) >= 11 is 0. The zero-order valence-corrected chi connectivity index (χ0v) is 12.5. The number of aryl methyl sites for hydroxylation is 1. The summed E-state index contributed by atoms with van der Waals surface area (Å²) < 4.78 is 6.05. The van der Waals surface area contributed by atoms with Gasteiger partial charge in [-0.25, -0.2) is 4.98 Å². The lowest BCUT2D eigenvalue weighted by Gasteiger charge is -2.35. The molecular formula is C17H24N2O. The summed E-state index contributed by atoms with van der Waals surface area (Å²) in [4.78, 5) is 4.77. The number of oxazole rings is 1. The van der Waals surface area contributed by atoms with Gasteiger partial charge in [0.2, 0.25) is 5.89 Å². The Labute approximate surface area is 120 Å². The summed E-state index contributed by atoms with van der Waals surface area (Å²) in [6.07, 6.45) is 5.65. The third kappa shape index (κ3) is 2.24. The van der Waals surface area contributed by atoms with E-state index in [4.69, 9.17) is 15.1 Å². The Bertz CT molecular complexity index is 594. The molecule has 0 aliphatic heterocycles. The number of rotatable bonds is 3. The number of benzene rings is 1. The van der Waals surface area contributed by atoms with Crippen LogP contribution < -0.4 is 5.73 Å². The first kappa shape index (κ1) is 13.6. The van der Waals surface area contributed by atoms with Gasteiger partial charge < -0.3 is 10.2 Å². The van der Waals surface area contributed by atoms with Gasteiger partial charge in [0, 0.05) is 6.54 Å². The maximum Gasteiger partial charge on any atom is 0.202 e. The highest BCUT2D eigenvalue weighted by molar-refractivity contribution is 5.73. The smallest absolute Gasteiger partial charge is 0.202 e. The molecule has 1 saturated carbocycles. The SMILES string of the molecule is CCc1ccc2oc(C3(CN)CCC(C)CC3)nc2c1. The van der Waals surface area contributed by atoms with E-state index in [1.807, 2.05) is 6.07 Å². The highest BCUT2D eigenvalue weighted by Gasteiger charge is 2.39. The number of nitrogens with zero attached hydrogens (tertiary/aromatic N) is 1. The van der Waals surface area contributed by atoms with Crippen LogP contribution in [0.5, 0.6) is 0 Å². The number of nitrogens with two attached hydrogens (primary N) is 1. The van der Waals surface area contributed by atoms with E-state index in [2.05, 4.69) is 26.0 Å². The third-order valence-electron chi connectivity index (χ3n) is 4.94. The van der Waals surface area contributed by atoms with Crippen molar-refractivity contribution in [2.24, 2.45) is 11.7 Å². The van der Waals surface area contributed by atoms with Crippen molar-refractivity contribution in [3.63, 3.8) is 0 Å². The lowest BCUT2D eigenvalue weighted by atomic mass is 9.71. The van der Waals surface area contributed by atoms with E-state index in [1.54, 1.807) is 0 Å². The van der Waals surface area contributed by atoms with Crippen molar-refractivity contribution in [2.75, 3.05) is 6.54 Å². The average Bonchev–Trinajstić information content (AvgIpc) is 2.91. The molecule has 0 saturated heterocycles. The minimum Gasteiger partial charge on any atom is -0.440 e. The lowest BCUT2D eigenvalue weighted by Crippen LogP contribution is -2.38. The third-order valence-corrected chi connectivity index (χ3v) is 4.94. The summed E-state index contributed by atoms with van der Waals surface area (Å²) in [7, 11) is 0. The fourth-order valence-electron chi connectivity index (χ4n) is 3.24. The number of hydrogen-bond donors (Lipinski definition) is 1. The molecule has 1 fully saturated rings. The van der Waals surface area contributed by atoms with Gasteiger partial charge in [-0.05, 0) is 55.7 Å². The predicted molar refractivity (Wildman–Crippen MR) is 81.8 cm³/mol. The maximum atomic E-state index is 6.09. The Morgan fingerprint density at radius 1 is 1.35 bits per heavy atom. The topological polar surface area (TPSA) is 52.0 Å². The van der Waals surface area contributed by atoms with Gasteiger partial charge in [-0.3, -0.25) is 0 Å². The van der Waals surface area contributed by atoms with E-state index < -0.39 is 0 Å². The summed E-state index contributed by atoms with van der Waals surface area (Å²) in [6, 6.07) is 6.30. The van der Waals surface area contributed by atoms with E-state index in [0.29, 0.717) is 6.54 Å². The number of fused-ring (bicyclic) bond motifs is 1. The lowest BCUT2D eigenvalue weighted by molar-refractivity contribution is 0.210. The van der Waals surface area contributed by atoms with E-state index >= 15 is 0 Å². The van der Waals surface area contributed by atoms with Crippen LogP contribution in [0.3, 0.4) is 0 Å². The minimum atomic E-state index is -0.0437. The fourth-order valence-corrected chi connectivity index (χ4v) is 3.24. The van der Waals surface area contributed by atoms with Crippen LogP contribution in [0, 0.1) is 5.92 Å². The van der Waals surface area contributed by atoms with E-state index in [-0.39, 0.29) is 5.41 Å². The first-order chi connectivity index (χ1) is 9.66. The first-order valence-electron chi connectivity index (χ1n) is 7.77. The summed E-state index contributed by atoms with van der Waals surface area (Å²) in [6.45, 7) is 5.11. The monoisotopic (exact) mass is 272 g/mol. The molecule has 20 heavy (non-hydrogen) atoms. The van der Waals surface area contributed by atoms with Gasteiger partial charge in [-0.1, -0.05) is 19.9 Å². The highest BCUT2D eigenvalue weighted by Crippen LogP contribution is 2.41. The molecule has 0 spiro atoms. The van der Waals surface area contributed by atoms with Crippen LogP contribution in [0.25, 0.3) is 11.1 Å². The average molecular weight is 272 g/mol.